The van der Waals surface area contributed by atoms with Gasteiger partial charge in [-0.05, 0) is 23.3 Å². The minimum absolute atomic E-state index is 0.731. The summed E-state index contributed by atoms with van der Waals surface area (Å²) in [5.74, 6) is 3.47. The summed E-state index contributed by atoms with van der Waals surface area (Å²) in [6.45, 7) is 1.75. The molecular formula is C10H15N5S. The zero-order valence-corrected chi connectivity index (χ0v) is 9.91. The van der Waals surface area contributed by atoms with Crippen LogP contribution in [0.15, 0.2) is 5.16 Å². The lowest BCUT2D eigenvalue weighted by Crippen LogP contribution is -2.22. The van der Waals surface area contributed by atoms with Crippen LogP contribution in [0, 0.1) is 12.3 Å². The topological polar surface area (TPSA) is 55.6 Å². The first-order valence-electron chi connectivity index (χ1n) is 5.46. The molecule has 0 unspecified atom stereocenters. The van der Waals surface area contributed by atoms with Gasteiger partial charge in [-0.1, -0.05) is 11.8 Å². The number of nitrogens with zero attached hydrogens (tertiary/aromatic N) is 4. The van der Waals surface area contributed by atoms with Crippen LogP contribution in [0.4, 0.5) is 0 Å². The van der Waals surface area contributed by atoms with Crippen LogP contribution in [0.25, 0.3) is 0 Å². The highest BCUT2D eigenvalue weighted by atomic mass is 32.2. The van der Waals surface area contributed by atoms with Crippen molar-refractivity contribution < 1.29 is 0 Å². The fourth-order valence-electron chi connectivity index (χ4n) is 1.30. The molecule has 1 saturated carbocycles. The number of tetrazole rings is 1. The predicted molar refractivity (Wildman–Crippen MR) is 63.0 cm³/mol. The first-order valence-corrected chi connectivity index (χ1v) is 6.44. The lowest BCUT2D eigenvalue weighted by atomic mass is 10.5. The molecule has 1 fully saturated rings. The lowest BCUT2D eigenvalue weighted by molar-refractivity contribution is 0.509. The van der Waals surface area contributed by atoms with E-state index < -0.39 is 0 Å². The van der Waals surface area contributed by atoms with Gasteiger partial charge in [0.25, 0.3) is 0 Å². The number of terminal acetylenes is 1. The smallest absolute Gasteiger partial charge is 0.209 e. The highest BCUT2D eigenvalue weighted by molar-refractivity contribution is 7.99. The summed E-state index contributed by atoms with van der Waals surface area (Å²) in [5.41, 5.74) is 0. The molecule has 86 valence electrons. The van der Waals surface area contributed by atoms with Crippen molar-refractivity contribution in [3.8, 4) is 12.3 Å². The third-order valence-corrected chi connectivity index (χ3v) is 3.27. The molecule has 1 aliphatic carbocycles. The minimum Gasteiger partial charge on any atom is -0.312 e. The van der Waals surface area contributed by atoms with Gasteiger partial charge in [0.2, 0.25) is 5.16 Å². The second kappa shape index (κ2) is 5.87. The van der Waals surface area contributed by atoms with Gasteiger partial charge in [0.05, 0.1) is 6.54 Å². The molecule has 6 heteroatoms. The van der Waals surface area contributed by atoms with Crippen molar-refractivity contribution in [3.05, 3.63) is 0 Å². The van der Waals surface area contributed by atoms with E-state index in [1.165, 1.54) is 12.8 Å². The maximum Gasteiger partial charge on any atom is 0.209 e. The zero-order chi connectivity index (χ0) is 11.2. The normalized spacial score (nSPS) is 14.9. The average Bonchev–Trinajstić information content (AvgIpc) is 3.00. The summed E-state index contributed by atoms with van der Waals surface area (Å²) in [4.78, 5) is 0. The van der Waals surface area contributed by atoms with Crippen molar-refractivity contribution in [2.75, 3.05) is 12.3 Å². The fraction of sp³-hybridized carbons (Fsp3) is 0.700. The van der Waals surface area contributed by atoms with Crippen LogP contribution in [0.5, 0.6) is 0 Å². The van der Waals surface area contributed by atoms with Gasteiger partial charge >= 0.3 is 0 Å². The molecule has 0 saturated heterocycles. The SMILES string of the molecule is C#CCCSc1nnnn1CCNC1CC1. The molecule has 5 nitrogen and oxygen atoms in total. The molecule has 0 aliphatic heterocycles. The molecule has 0 bridgehead atoms. The van der Waals surface area contributed by atoms with E-state index in [4.69, 9.17) is 6.42 Å². The Bertz CT molecular complexity index is 366. The summed E-state index contributed by atoms with van der Waals surface area (Å²) < 4.78 is 1.83. The van der Waals surface area contributed by atoms with Crippen LogP contribution in [0.2, 0.25) is 0 Å². The molecule has 16 heavy (non-hydrogen) atoms. The molecule has 1 N–H and O–H groups in total. The predicted octanol–water partition coefficient (Wildman–Crippen LogP) is 0.540. The van der Waals surface area contributed by atoms with E-state index >= 15 is 0 Å². The molecule has 0 spiro atoms. The largest absolute Gasteiger partial charge is 0.312 e. The summed E-state index contributed by atoms with van der Waals surface area (Å²) in [6, 6.07) is 0.731. The van der Waals surface area contributed by atoms with Crippen molar-refractivity contribution in [2.45, 2.75) is 37.0 Å². The van der Waals surface area contributed by atoms with Crippen LogP contribution in [-0.2, 0) is 6.54 Å². The van der Waals surface area contributed by atoms with Gasteiger partial charge < -0.3 is 5.32 Å². The van der Waals surface area contributed by atoms with Crippen molar-refractivity contribution in [1.82, 2.24) is 25.5 Å². The van der Waals surface area contributed by atoms with E-state index in [1.807, 2.05) is 4.68 Å². The maximum atomic E-state index is 5.19. The number of nitrogens with one attached hydrogen (secondary N) is 1. The molecule has 1 aromatic heterocycles. The second-order valence-electron chi connectivity index (χ2n) is 3.72. The fourth-order valence-corrected chi connectivity index (χ4v) is 2.08. The van der Waals surface area contributed by atoms with Crippen LogP contribution >= 0.6 is 11.8 Å². The lowest BCUT2D eigenvalue weighted by Gasteiger charge is -2.04. The Hall–Kier alpha value is -1.06. The molecule has 1 aromatic rings. The van der Waals surface area contributed by atoms with Gasteiger partial charge in [0.15, 0.2) is 0 Å². The summed E-state index contributed by atoms with van der Waals surface area (Å²) in [6.07, 6.45) is 8.55. The van der Waals surface area contributed by atoms with Crippen LogP contribution < -0.4 is 5.32 Å². The van der Waals surface area contributed by atoms with Crippen LogP contribution in [-0.4, -0.2) is 38.5 Å². The Morgan fingerprint density at radius 3 is 3.19 bits per heavy atom. The van der Waals surface area contributed by atoms with Crippen molar-refractivity contribution in [2.24, 2.45) is 0 Å². The zero-order valence-electron chi connectivity index (χ0n) is 9.09. The highest BCUT2D eigenvalue weighted by Gasteiger charge is 2.19. The molecule has 0 atom stereocenters. The Labute approximate surface area is 99.4 Å². The molecule has 0 radical (unpaired) electrons. The van der Waals surface area contributed by atoms with Crippen LogP contribution in [0.1, 0.15) is 19.3 Å². The second-order valence-corrected chi connectivity index (χ2v) is 4.78. The van der Waals surface area contributed by atoms with Crippen LogP contribution in [0.3, 0.4) is 0 Å². The highest BCUT2D eigenvalue weighted by Crippen LogP contribution is 2.18. The van der Waals surface area contributed by atoms with Crippen molar-refractivity contribution >= 4 is 11.8 Å². The monoisotopic (exact) mass is 237 g/mol. The van der Waals surface area contributed by atoms with Gasteiger partial charge in [0, 0.05) is 24.8 Å². The Morgan fingerprint density at radius 1 is 1.56 bits per heavy atom. The number of hydrogen-bond acceptors (Lipinski definition) is 5. The third-order valence-electron chi connectivity index (χ3n) is 2.31. The van der Waals surface area contributed by atoms with Crippen molar-refractivity contribution in [1.29, 1.82) is 0 Å². The van der Waals surface area contributed by atoms with E-state index in [9.17, 15) is 0 Å². The van der Waals surface area contributed by atoms with E-state index in [1.54, 1.807) is 11.8 Å². The number of aromatic nitrogens is 4. The number of rotatable bonds is 7. The number of thioether (sulfide) groups is 1. The van der Waals surface area contributed by atoms with E-state index in [-0.39, 0.29) is 0 Å². The Balaban J connectivity index is 1.74. The van der Waals surface area contributed by atoms with Gasteiger partial charge in [-0.15, -0.1) is 17.4 Å². The Kier molecular flexibility index (Phi) is 4.19. The molecule has 2 rings (SSSR count). The van der Waals surface area contributed by atoms with E-state index in [2.05, 4.69) is 26.8 Å². The first-order chi connectivity index (χ1) is 7.90. The van der Waals surface area contributed by atoms with Gasteiger partial charge in [0.1, 0.15) is 0 Å². The Morgan fingerprint density at radius 2 is 2.44 bits per heavy atom. The molecule has 0 amide bonds. The van der Waals surface area contributed by atoms with Gasteiger partial charge in [-0.25, -0.2) is 4.68 Å². The van der Waals surface area contributed by atoms with E-state index in [0.29, 0.717) is 0 Å². The number of hydrogen-bond donors (Lipinski definition) is 1. The third kappa shape index (κ3) is 3.51. The molecule has 1 aliphatic rings. The minimum atomic E-state index is 0.731. The first kappa shape index (κ1) is 11.4. The molecular weight excluding hydrogens is 222 g/mol. The average molecular weight is 237 g/mol. The molecule has 1 heterocycles. The van der Waals surface area contributed by atoms with Gasteiger partial charge in [-0.3, -0.25) is 0 Å². The summed E-state index contributed by atoms with van der Waals surface area (Å²) in [5, 5.41) is 15.9. The van der Waals surface area contributed by atoms with Crippen molar-refractivity contribution in [3.63, 3.8) is 0 Å². The molecule has 0 aromatic carbocycles. The summed E-state index contributed by atoms with van der Waals surface area (Å²) in [7, 11) is 0. The van der Waals surface area contributed by atoms with E-state index in [0.717, 1.165) is 36.5 Å². The summed E-state index contributed by atoms with van der Waals surface area (Å²) >= 11 is 1.61. The standard InChI is InChI=1S/C10H15N5S/c1-2-3-8-16-10-12-13-14-15(10)7-6-11-9-4-5-9/h1,9,11H,3-8H2. The van der Waals surface area contributed by atoms with Gasteiger partial charge in [-0.2, -0.15) is 0 Å². The maximum absolute atomic E-state index is 5.19. The quantitative estimate of drug-likeness (QED) is 0.426.